The van der Waals surface area contributed by atoms with E-state index in [2.05, 4.69) is 20.8 Å². The molecule has 1 rings (SSSR count). The number of rotatable bonds is 4. The van der Waals surface area contributed by atoms with Crippen molar-refractivity contribution in [3.8, 4) is 0 Å². The molecule has 1 aliphatic carbocycles. The molecule has 0 aromatic rings. The van der Waals surface area contributed by atoms with Gasteiger partial charge in [-0.1, -0.05) is 33.6 Å². The smallest absolute Gasteiger partial charge is 0.0673 e. The lowest BCUT2D eigenvalue weighted by atomic mass is 9.84. The van der Waals surface area contributed by atoms with Gasteiger partial charge < -0.3 is 5.11 Å². The summed E-state index contributed by atoms with van der Waals surface area (Å²) in [6, 6.07) is 0. The lowest BCUT2D eigenvalue weighted by molar-refractivity contribution is -0.00582. The van der Waals surface area contributed by atoms with Gasteiger partial charge in [0, 0.05) is 0 Å². The zero-order valence-corrected chi connectivity index (χ0v) is 9.34. The van der Waals surface area contributed by atoms with Crippen molar-refractivity contribution in [2.45, 2.75) is 64.9 Å². The van der Waals surface area contributed by atoms with Crippen LogP contribution in [-0.2, 0) is 0 Å². The number of hydrogen-bond acceptors (Lipinski definition) is 1. The molecule has 0 aromatic heterocycles. The van der Waals surface area contributed by atoms with Crippen molar-refractivity contribution in [3.63, 3.8) is 0 Å². The Morgan fingerprint density at radius 2 is 2.15 bits per heavy atom. The highest BCUT2D eigenvalue weighted by atomic mass is 16.3. The molecule has 13 heavy (non-hydrogen) atoms. The maximum absolute atomic E-state index is 10.3. The highest BCUT2D eigenvalue weighted by Crippen LogP contribution is 2.41. The van der Waals surface area contributed by atoms with Gasteiger partial charge in [0.15, 0.2) is 0 Å². The van der Waals surface area contributed by atoms with E-state index in [0.717, 1.165) is 18.8 Å². The summed E-state index contributed by atoms with van der Waals surface area (Å²) < 4.78 is 0. The summed E-state index contributed by atoms with van der Waals surface area (Å²) in [6.07, 6.45) is 6.95. The van der Waals surface area contributed by atoms with Gasteiger partial charge in [0.05, 0.1) is 5.60 Å². The van der Waals surface area contributed by atoms with Crippen molar-refractivity contribution in [1.82, 2.24) is 0 Å². The van der Waals surface area contributed by atoms with Gasteiger partial charge in [-0.05, 0) is 37.5 Å². The van der Waals surface area contributed by atoms with E-state index in [9.17, 15) is 5.11 Å². The van der Waals surface area contributed by atoms with Crippen LogP contribution in [0.1, 0.15) is 59.3 Å². The van der Waals surface area contributed by atoms with E-state index >= 15 is 0 Å². The fraction of sp³-hybridized carbons (Fsp3) is 1.00. The molecule has 2 atom stereocenters. The van der Waals surface area contributed by atoms with E-state index in [1.807, 2.05) is 0 Å². The molecule has 0 aromatic carbocycles. The third-order valence-electron chi connectivity index (χ3n) is 3.63. The first-order valence-electron chi connectivity index (χ1n) is 5.81. The van der Waals surface area contributed by atoms with Gasteiger partial charge in [0.25, 0.3) is 0 Å². The van der Waals surface area contributed by atoms with Gasteiger partial charge >= 0.3 is 0 Å². The topological polar surface area (TPSA) is 20.2 Å². The van der Waals surface area contributed by atoms with Crippen LogP contribution in [0.3, 0.4) is 0 Å². The normalized spacial score (nSPS) is 34.4. The molecular weight excluding hydrogens is 160 g/mol. The Labute approximate surface area is 82.5 Å². The second kappa shape index (κ2) is 4.45. The molecule has 0 heterocycles. The maximum atomic E-state index is 10.3. The molecule has 1 aliphatic rings. The number of aliphatic hydroxyl groups is 1. The van der Waals surface area contributed by atoms with Crippen molar-refractivity contribution >= 4 is 0 Å². The second-order valence-corrected chi connectivity index (χ2v) is 5.02. The Balaban J connectivity index is 2.40. The first-order valence-corrected chi connectivity index (χ1v) is 5.81. The molecule has 1 heteroatoms. The van der Waals surface area contributed by atoms with Crippen molar-refractivity contribution in [2.75, 3.05) is 0 Å². The Kier molecular flexibility index (Phi) is 3.78. The van der Waals surface area contributed by atoms with Gasteiger partial charge in [0.2, 0.25) is 0 Å². The average Bonchev–Trinajstić information content (AvgIpc) is 2.44. The standard InChI is InChI=1S/C12H24O/c1-4-12(13)9-5-6-11(12)8-7-10(2)3/h10-11,13H,4-9H2,1-3H3. The summed E-state index contributed by atoms with van der Waals surface area (Å²) >= 11 is 0. The zero-order chi connectivity index (χ0) is 9.90. The predicted molar refractivity (Wildman–Crippen MR) is 56.7 cm³/mol. The minimum atomic E-state index is -0.311. The Bertz CT molecular complexity index is 153. The first kappa shape index (κ1) is 11.0. The Hall–Kier alpha value is -0.0400. The molecule has 1 saturated carbocycles. The molecule has 1 nitrogen and oxygen atoms in total. The third-order valence-corrected chi connectivity index (χ3v) is 3.63. The molecule has 1 fully saturated rings. The van der Waals surface area contributed by atoms with Crippen molar-refractivity contribution in [3.05, 3.63) is 0 Å². The van der Waals surface area contributed by atoms with E-state index < -0.39 is 0 Å². The highest BCUT2D eigenvalue weighted by molar-refractivity contribution is 4.90. The van der Waals surface area contributed by atoms with Crippen LogP contribution in [0, 0.1) is 11.8 Å². The van der Waals surface area contributed by atoms with Gasteiger partial charge in [0.1, 0.15) is 0 Å². The molecular formula is C12H24O. The molecule has 2 unspecified atom stereocenters. The van der Waals surface area contributed by atoms with Crippen molar-refractivity contribution in [1.29, 1.82) is 0 Å². The second-order valence-electron chi connectivity index (χ2n) is 5.02. The van der Waals surface area contributed by atoms with E-state index in [-0.39, 0.29) is 5.60 Å². The van der Waals surface area contributed by atoms with Crippen LogP contribution in [0.25, 0.3) is 0 Å². The van der Waals surface area contributed by atoms with E-state index in [1.54, 1.807) is 0 Å². The third kappa shape index (κ3) is 2.70. The minimum absolute atomic E-state index is 0.311. The van der Waals surface area contributed by atoms with Crippen LogP contribution < -0.4 is 0 Å². The summed E-state index contributed by atoms with van der Waals surface area (Å²) in [6.45, 7) is 6.65. The highest BCUT2D eigenvalue weighted by Gasteiger charge is 2.38. The van der Waals surface area contributed by atoms with Crippen LogP contribution in [0.2, 0.25) is 0 Å². The van der Waals surface area contributed by atoms with Crippen LogP contribution >= 0.6 is 0 Å². The predicted octanol–water partition coefficient (Wildman–Crippen LogP) is 3.36. The maximum Gasteiger partial charge on any atom is 0.0673 e. The van der Waals surface area contributed by atoms with Crippen LogP contribution in [0.4, 0.5) is 0 Å². The summed E-state index contributed by atoms with van der Waals surface area (Å²) in [5.41, 5.74) is -0.311. The van der Waals surface area contributed by atoms with Crippen LogP contribution in [0.5, 0.6) is 0 Å². The van der Waals surface area contributed by atoms with Gasteiger partial charge in [-0.2, -0.15) is 0 Å². The SMILES string of the molecule is CCC1(O)CCCC1CCC(C)C. The lowest BCUT2D eigenvalue weighted by Gasteiger charge is -2.29. The summed E-state index contributed by atoms with van der Waals surface area (Å²) in [4.78, 5) is 0. The lowest BCUT2D eigenvalue weighted by Crippen LogP contribution is -2.32. The van der Waals surface area contributed by atoms with E-state index in [4.69, 9.17) is 0 Å². The monoisotopic (exact) mass is 184 g/mol. The van der Waals surface area contributed by atoms with Crippen molar-refractivity contribution < 1.29 is 5.11 Å². The van der Waals surface area contributed by atoms with E-state index in [0.29, 0.717) is 5.92 Å². The fourth-order valence-corrected chi connectivity index (χ4v) is 2.54. The zero-order valence-electron chi connectivity index (χ0n) is 9.34. The Morgan fingerprint density at radius 3 is 2.69 bits per heavy atom. The molecule has 78 valence electrons. The molecule has 0 bridgehead atoms. The molecule has 0 aliphatic heterocycles. The quantitative estimate of drug-likeness (QED) is 0.710. The molecule has 0 spiro atoms. The largest absolute Gasteiger partial charge is 0.390 e. The summed E-state index contributed by atoms with van der Waals surface area (Å²) in [5.74, 6) is 1.36. The summed E-state index contributed by atoms with van der Waals surface area (Å²) in [7, 11) is 0. The fourth-order valence-electron chi connectivity index (χ4n) is 2.54. The first-order chi connectivity index (χ1) is 6.08. The molecule has 0 amide bonds. The molecule has 0 radical (unpaired) electrons. The van der Waals surface area contributed by atoms with Crippen LogP contribution in [0.15, 0.2) is 0 Å². The Morgan fingerprint density at radius 1 is 1.46 bits per heavy atom. The summed E-state index contributed by atoms with van der Waals surface area (Å²) in [5, 5.41) is 10.3. The van der Waals surface area contributed by atoms with Crippen molar-refractivity contribution in [2.24, 2.45) is 11.8 Å². The van der Waals surface area contributed by atoms with Gasteiger partial charge in [-0.15, -0.1) is 0 Å². The van der Waals surface area contributed by atoms with Crippen LogP contribution in [-0.4, -0.2) is 10.7 Å². The number of hydrogen-bond donors (Lipinski definition) is 1. The van der Waals surface area contributed by atoms with Gasteiger partial charge in [-0.25, -0.2) is 0 Å². The molecule has 1 N–H and O–H groups in total. The average molecular weight is 184 g/mol. The van der Waals surface area contributed by atoms with Gasteiger partial charge in [-0.3, -0.25) is 0 Å². The van der Waals surface area contributed by atoms with E-state index in [1.165, 1.54) is 25.7 Å². The molecule has 0 saturated heterocycles. The minimum Gasteiger partial charge on any atom is -0.390 e.